The highest BCUT2D eigenvalue weighted by atomic mass is 32.2. The molecule has 0 bridgehead atoms. The van der Waals surface area contributed by atoms with Crippen molar-refractivity contribution < 1.29 is 17.6 Å². The molecular formula is C8H11FN2O3S. The molecule has 1 aromatic carbocycles. The molecule has 0 aliphatic carbocycles. The number of para-hydroxylation sites is 1. The molecule has 0 unspecified atom stereocenters. The first kappa shape index (κ1) is 11.9. The van der Waals surface area contributed by atoms with Gasteiger partial charge in [0, 0.05) is 7.05 Å². The van der Waals surface area contributed by atoms with E-state index in [2.05, 4.69) is 4.84 Å². The molecule has 1 rings (SSSR count). The van der Waals surface area contributed by atoms with Crippen molar-refractivity contribution in [2.45, 2.75) is 4.90 Å². The summed E-state index contributed by atoms with van der Waals surface area (Å²) in [5.41, 5.74) is 4.91. The summed E-state index contributed by atoms with van der Waals surface area (Å²) in [7, 11) is -1.51. The van der Waals surface area contributed by atoms with E-state index in [-0.39, 0.29) is 4.90 Å². The van der Waals surface area contributed by atoms with E-state index in [1.165, 1.54) is 26.3 Å². The van der Waals surface area contributed by atoms with Crippen LogP contribution in [-0.4, -0.2) is 27.0 Å². The zero-order chi connectivity index (χ0) is 11.6. The molecule has 0 radical (unpaired) electrons. The van der Waals surface area contributed by atoms with Gasteiger partial charge in [-0.05, 0) is 12.1 Å². The number of nitrogen functional groups attached to an aromatic ring is 1. The fraction of sp³-hybridized carbons (Fsp3) is 0.250. The maximum atomic E-state index is 13.0. The van der Waals surface area contributed by atoms with Gasteiger partial charge in [0.1, 0.15) is 10.7 Å². The highest BCUT2D eigenvalue weighted by molar-refractivity contribution is 7.89. The van der Waals surface area contributed by atoms with E-state index in [4.69, 9.17) is 5.73 Å². The summed E-state index contributed by atoms with van der Waals surface area (Å²) in [6, 6.07) is 3.56. The van der Waals surface area contributed by atoms with Gasteiger partial charge >= 0.3 is 0 Å². The van der Waals surface area contributed by atoms with Gasteiger partial charge in [0.25, 0.3) is 10.0 Å². The normalized spacial score (nSPS) is 12.0. The van der Waals surface area contributed by atoms with Crippen LogP contribution in [0.5, 0.6) is 0 Å². The van der Waals surface area contributed by atoms with E-state index >= 15 is 0 Å². The monoisotopic (exact) mass is 234 g/mol. The third-order valence-electron chi connectivity index (χ3n) is 1.89. The van der Waals surface area contributed by atoms with Crippen LogP contribution in [0.4, 0.5) is 10.1 Å². The average molecular weight is 234 g/mol. The Morgan fingerprint density at radius 3 is 2.60 bits per heavy atom. The van der Waals surface area contributed by atoms with Gasteiger partial charge < -0.3 is 5.73 Å². The first-order valence-corrected chi connectivity index (χ1v) is 5.42. The number of benzene rings is 1. The first-order chi connectivity index (χ1) is 6.91. The maximum absolute atomic E-state index is 13.0. The number of hydrogen-bond donors (Lipinski definition) is 1. The van der Waals surface area contributed by atoms with Crippen molar-refractivity contribution >= 4 is 15.7 Å². The second kappa shape index (κ2) is 4.13. The van der Waals surface area contributed by atoms with Crippen molar-refractivity contribution in [3.05, 3.63) is 24.0 Å². The predicted octanol–water partition coefficient (Wildman–Crippen LogP) is 0.590. The van der Waals surface area contributed by atoms with Gasteiger partial charge in [-0.1, -0.05) is 10.5 Å². The van der Waals surface area contributed by atoms with Gasteiger partial charge in [-0.3, -0.25) is 4.84 Å². The quantitative estimate of drug-likeness (QED) is 0.613. The first-order valence-electron chi connectivity index (χ1n) is 3.98. The second-order valence-corrected chi connectivity index (χ2v) is 4.65. The second-order valence-electron chi connectivity index (χ2n) is 2.75. The van der Waals surface area contributed by atoms with Gasteiger partial charge in [0.15, 0.2) is 0 Å². The van der Waals surface area contributed by atoms with Crippen molar-refractivity contribution in [3.8, 4) is 0 Å². The summed E-state index contributed by atoms with van der Waals surface area (Å²) < 4.78 is 37.0. The Morgan fingerprint density at radius 2 is 2.07 bits per heavy atom. The van der Waals surface area contributed by atoms with Crippen molar-refractivity contribution in [1.29, 1.82) is 0 Å². The number of nitrogens with two attached hydrogens (primary N) is 1. The van der Waals surface area contributed by atoms with Crippen LogP contribution in [0.25, 0.3) is 0 Å². The van der Waals surface area contributed by atoms with Crippen LogP contribution in [0.2, 0.25) is 0 Å². The Labute approximate surface area is 87.3 Å². The Balaban J connectivity index is 3.34. The summed E-state index contributed by atoms with van der Waals surface area (Å²) in [6.07, 6.45) is 0. The zero-order valence-electron chi connectivity index (χ0n) is 8.27. The Hall–Kier alpha value is -1.18. The van der Waals surface area contributed by atoms with Gasteiger partial charge in [-0.15, -0.1) is 0 Å². The van der Waals surface area contributed by atoms with Crippen LogP contribution in [0, 0.1) is 5.82 Å². The average Bonchev–Trinajstić information content (AvgIpc) is 2.20. The fourth-order valence-corrected chi connectivity index (χ4v) is 2.08. The van der Waals surface area contributed by atoms with E-state index in [9.17, 15) is 12.8 Å². The van der Waals surface area contributed by atoms with Gasteiger partial charge in [0.05, 0.1) is 12.8 Å². The summed E-state index contributed by atoms with van der Waals surface area (Å²) in [6.45, 7) is 0. The molecule has 0 saturated carbocycles. The smallest absolute Gasteiger partial charge is 0.266 e. The van der Waals surface area contributed by atoms with Crippen molar-refractivity contribution in [2.75, 3.05) is 19.9 Å². The topological polar surface area (TPSA) is 72.6 Å². The van der Waals surface area contributed by atoms with Crippen molar-refractivity contribution in [1.82, 2.24) is 4.47 Å². The van der Waals surface area contributed by atoms with Crippen LogP contribution in [0.15, 0.2) is 23.1 Å². The maximum Gasteiger partial charge on any atom is 0.266 e. The molecule has 0 fully saturated rings. The molecule has 0 spiro atoms. The lowest BCUT2D eigenvalue weighted by Crippen LogP contribution is -2.26. The van der Waals surface area contributed by atoms with Gasteiger partial charge in [-0.2, -0.15) is 0 Å². The van der Waals surface area contributed by atoms with Crippen LogP contribution in [0.3, 0.4) is 0 Å². The van der Waals surface area contributed by atoms with Crippen molar-refractivity contribution in [2.24, 2.45) is 0 Å². The molecule has 0 amide bonds. The zero-order valence-corrected chi connectivity index (χ0v) is 9.08. The molecule has 0 aliphatic rings. The summed E-state index contributed by atoms with van der Waals surface area (Å²) in [5.74, 6) is -0.777. The lowest BCUT2D eigenvalue weighted by Gasteiger charge is -2.15. The van der Waals surface area contributed by atoms with Crippen LogP contribution >= 0.6 is 0 Å². The summed E-state index contributed by atoms with van der Waals surface area (Å²) >= 11 is 0. The molecule has 0 aromatic heterocycles. The Bertz CT molecular complexity index is 461. The molecule has 7 heteroatoms. The van der Waals surface area contributed by atoms with E-state index in [1.807, 2.05) is 0 Å². The highest BCUT2D eigenvalue weighted by Crippen LogP contribution is 2.23. The highest BCUT2D eigenvalue weighted by Gasteiger charge is 2.24. The molecule has 2 N–H and O–H groups in total. The number of anilines is 1. The van der Waals surface area contributed by atoms with Crippen LogP contribution in [0.1, 0.15) is 0 Å². The lowest BCUT2D eigenvalue weighted by molar-refractivity contribution is -0.0258. The lowest BCUT2D eigenvalue weighted by atomic mass is 10.3. The third-order valence-corrected chi connectivity index (χ3v) is 3.62. The van der Waals surface area contributed by atoms with Gasteiger partial charge in [0.2, 0.25) is 0 Å². The Morgan fingerprint density at radius 1 is 1.47 bits per heavy atom. The van der Waals surface area contributed by atoms with Crippen LogP contribution in [-0.2, 0) is 14.9 Å². The largest absolute Gasteiger partial charge is 0.395 e. The minimum Gasteiger partial charge on any atom is -0.395 e. The van der Waals surface area contributed by atoms with Gasteiger partial charge in [-0.25, -0.2) is 12.8 Å². The molecular weight excluding hydrogens is 223 g/mol. The third kappa shape index (κ3) is 2.09. The predicted molar refractivity (Wildman–Crippen MR) is 52.8 cm³/mol. The molecule has 0 heterocycles. The van der Waals surface area contributed by atoms with E-state index in [1.54, 1.807) is 0 Å². The number of halogens is 1. The SMILES string of the molecule is CON(C)S(=O)(=O)c1cccc(F)c1N. The molecule has 84 valence electrons. The Kier molecular flexibility index (Phi) is 3.28. The van der Waals surface area contributed by atoms with E-state index < -0.39 is 21.5 Å². The minimum atomic E-state index is -3.90. The van der Waals surface area contributed by atoms with Crippen molar-refractivity contribution in [3.63, 3.8) is 0 Å². The summed E-state index contributed by atoms with van der Waals surface area (Å²) in [4.78, 5) is 4.22. The number of hydrogen-bond acceptors (Lipinski definition) is 4. The number of hydroxylamine groups is 1. The molecule has 0 atom stereocenters. The number of nitrogens with zero attached hydrogens (tertiary/aromatic N) is 1. The van der Waals surface area contributed by atoms with E-state index in [0.29, 0.717) is 4.47 Å². The van der Waals surface area contributed by atoms with E-state index in [0.717, 1.165) is 6.07 Å². The fourth-order valence-electron chi connectivity index (χ4n) is 0.979. The van der Waals surface area contributed by atoms with Crippen LogP contribution < -0.4 is 5.73 Å². The molecule has 0 saturated heterocycles. The number of rotatable bonds is 3. The molecule has 5 nitrogen and oxygen atoms in total. The molecule has 0 aliphatic heterocycles. The summed E-state index contributed by atoms with van der Waals surface area (Å²) in [5, 5.41) is 0. The molecule has 15 heavy (non-hydrogen) atoms. The molecule has 1 aromatic rings. The standard InChI is InChI=1S/C8H11FN2O3S/c1-11(14-2)15(12,13)7-5-3-4-6(9)8(7)10/h3-5H,10H2,1-2H3. The number of sulfonamides is 1. The minimum absolute atomic E-state index is 0.313.